The summed E-state index contributed by atoms with van der Waals surface area (Å²) < 4.78 is 4.69. The van der Waals surface area contributed by atoms with Gasteiger partial charge in [0.25, 0.3) is 0 Å². The lowest BCUT2D eigenvalue weighted by Gasteiger charge is -2.27. The average Bonchev–Trinajstić information content (AvgIpc) is 2.98. The standard InChI is InChI=1S/C23H38O4/c1-27-23(26)12-8-7-10-18-13-14-20-19(16-18)17-22(25)21(20)11-6-4-2-3-5-9-15-24/h6,11,16,19-22,24-25H,2-5,7-10,12-15,17H2,1H3/t19-,20+,21+,22+/m1/s1. The molecule has 1 saturated carbocycles. The summed E-state index contributed by atoms with van der Waals surface area (Å²) in [5.41, 5.74) is 1.52. The maximum absolute atomic E-state index is 11.2. The van der Waals surface area contributed by atoms with Crippen molar-refractivity contribution in [3.8, 4) is 0 Å². The van der Waals surface area contributed by atoms with Crippen LogP contribution in [-0.2, 0) is 9.53 Å². The molecular formula is C23H38O4. The van der Waals surface area contributed by atoms with Gasteiger partial charge in [-0.25, -0.2) is 0 Å². The van der Waals surface area contributed by atoms with Crippen molar-refractivity contribution in [2.24, 2.45) is 17.8 Å². The van der Waals surface area contributed by atoms with Crippen molar-refractivity contribution < 1.29 is 19.7 Å². The second-order valence-corrected chi connectivity index (χ2v) is 8.21. The molecule has 154 valence electrons. The maximum atomic E-state index is 11.2. The van der Waals surface area contributed by atoms with Gasteiger partial charge >= 0.3 is 5.97 Å². The number of allylic oxidation sites excluding steroid dienone is 3. The summed E-state index contributed by atoms with van der Waals surface area (Å²) >= 11 is 0. The normalized spacial score (nSPS) is 27.6. The molecule has 0 radical (unpaired) electrons. The van der Waals surface area contributed by atoms with E-state index >= 15 is 0 Å². The summed E-state index contributed by atoms with van der Waals surface area (Å²) in [6, 6.07) is 0. The van der Waals surface area contributed by atoms with Gasteiger partial charge in [-0.05, 0) is 69.6 Å². The largest absolute Gasteiger partial charge is 0.469 e. The molecule has 0 aromatic carbocycles. The predicted molar refractivity (Wildman–Crippen MR) is 108 cm³/mol. The highest BCUT2D eigenvalue weighted by Gasteiger charge is 2.41. The third-order valence-corrected chi connectivity index (χ3v) is 6.24. The van der Waals surface area contributed by atoms with Crippen LogP contribution in [0.3, 0.4) is 0 Å². The van der Waals surface area contributed by atoms with Gasteiger partial charge in [-0.1, -0.05) is 36.6 Å². The first kappa shape index (κ1) is 22.2. The van der Waals surface area contributed by atoms with E-state index in [1.54, 1.807) is 0 Å². The minimum absolute atomic E-state index is 0.116. The van der Waals surface area contributed by atoms with Crippen LogP contribution in [0.4, 0.5) is 0 Å². The zero-order valence-electron chi connectivity index (χ0n) is 16.9. The van der Waals surface area contributed by atoms with Crippen LogP contribution in [0.15, 0.2) is 23.8 Å². The van der Waals surface area contributed by atoms with Gasteiger partial charge in [-0.2, -0.15) is 0 Å². The number of unbranched alkanes of at least 4 members (excludes halogenated alkanes) is 5. The van der Waals surface area contributed by atoms with Crippen LogP contribution < -0.4 is 0 Å². The van der Waals surface area contributed by atoms with E-state index in [9.17, 15) is 9.90 Å². The lowest BCUT2D eigenvalue weighted by molar-refractivity contribution is -0.140. The highest BCUT2D eigenvalue weighted by Crippen LogP contribution is 2.46. The smallest absolute Gasteiger partial charge is 0.305 e. The lowest BCUT2D eigenvalue weighted by atomic mass is 9.78. The zero-order valence-corrected chi connectivity index (χ0v) is 16.9. The second-order valence-electron chi connectivity index (χ2n) is 8.21. The summed E-state index contributed by atoms with van der Waals surface area (Å²) in [4.78, 5) is 11.2. The van der Waals surface area contributed by atoms with Crippen LogP contribution in [0.5, 0.6) is 0 Å². The molecule has 2 aliphatic rings. The molecule has 0 unspecified atom stereocenters. The molecule has 0 saturated heterocycles. The predicted octanol–water partition coefficient (Wildman–Crippen LogP) is 4.55. The van der Waals surface area contributed by atoms with E-state index in [0.717, 1.165) is 51.4 Å². The molecule has 4 nitrogen and oxygen atoms in total. The number of aliphatic hydroxyl groups excluding tert-OH is 2. The molecule has 0 amide bonds. The Morgan fingerprint density at radius 3 is 2.81 bits per heavy atom. The summed E-state index contributed by atoms with van der Waals surface area (Å²) in [6.45, 7) is 0.300. The Hall–Kier alpha value is -1.13. The number of hydrogen-bond donors (Lipinski definition) is 2. The minimum atomic E-state index is -0.208. The minimum Gasteiger partial charge on any atom is -0.469 e. The number of aliphatic hydroxyl groups is 2. The molecular weight excluding hydrogens is 340 g/mol. The SMILES string of the molecule is COC(=O)CCCCC1=C[C@@H]2C[C@H](O)[C@@H](C=CCCCCCCO)[C@H]2CC1. The number of methoxy groups -OCH3 is 1. The van der Waals surface area contributed by atoms with Gasteiger partial charge in [0.1, 0.15) is 0 Å². The highest BCUT2D eigenvalue weighted by molar-refractivity contribution is 5.68. The number of ether oxygens (including phenoxy) is 1. The number of hydrogen-bond acceptors (Lipinski definition) is 4. The topological polar surface area (TPSA) is 66.8 Å². The fourth-order valence-electron chi connectivity index (χ4n) is 4.70. The van der Waals surface area contributed by atoms with Gasteiger partial charge in [-0.3, -0.25) is 4.79 Å². The number of carbonyl (C=O) groups excluding carboxylic acids is 1. The van der Waals surface area contributed by atoms with Crippen LogP contribution in [-0.4, -0.2) is 36.0 Å². The fraction of sp³-hybridized carbons (Fsp3) is 0.783. The zero-order chi connectivity index (χ0) is 19.5. The van der Waals surface area contributed by atoms with Crippen molar-refractivity contribution in [1.29, 1.82) is 0 Å². The number of esters is 1. The number of carbonyl (C=O) groups is 1. The van der Waals surface area contributed by atoms with Crippen LogP contribution in [0.2, 0.25) is 0 Å². The number of fused-ring (bicyclic) bond motifs is 1. The van der Waals surface area contributed by atoms with Gasteiger partial charge in [0.05, 0.1) is 13.2 Å². The molecule has 0 bridgehead atoms. The first-order valence-corrected chi connectivity index (χ1v) is 10.9. The summed E-state index contributed by atoms with van der Waals surface area (Å²) in [5.74, 6) is 1.30. The van der Waals surface area contributed by atoms with E-state index in [1.165, 1.54) is 31.9 Å². The Kier molecular flexibility index (Phi) is 10.1. The summed E-state index contributed by atoms with van der Waals surface area (Å²) in [6.07, 6.45) is 18.9. The van der Waals surface area contributed by atoms with Crippen LogP contribution in [0.25, 0.3) is 0 Å². The van der Waals surface area contributed by atoms with Crippen LogP contribution in [0, 0.1) is 17.8 Å². The number of rotatable bonds is 12. The summed E-state index contributed by atoms with van der Waals surface area (Å²) in [7, 11) is 1.44. The molecule has 1 fully saturated rings. The summed E-state index contributed by atoms with van der Waals surface area (Å²) in [5, 5.41) is 19.3. The highest BCUT2D eigenvalue weighted by atomic mass is 16.5. The maximum Gasteiger partial charge on any atom is 0.305 e. The molecule has 2 rings (SSSR count). The average molecular weight is 379 g/mol. The Morgan fingerprint density at radius 2 is 2.04 bits per heavy atom. The van der Waals surface area contributed by atoms with E-state index in [2.05, 4.69) is 23.0 Å². The second kappa shape index (κ2) is 12.4. The van der Waals surface area contributed by atoms with Gasteiger partial charge < -0.3 is 14.9 Å². The van der Waals surface area contributed by atoms with E-state index in [4.69, 9.17) is 5.11 Å². The van der Waals surface area contributed by atoms with Gasteiger partial charge in [0.2, 0.25) is 0 Å². The lowest BCUT2D eigenvalue weighted by Crippen LogP contribution is -2.20. The van der Waals surface area contributed by atoms with Crippen molar-refractivity contribution in [3.63, 3.8) is 0 Å². The van der Waals surface area contributed by atoms with Gasteiger partial charge in [0.15, 0.2) is 0 Å². The van der Waals surface area contributed by atoms with Crippen molar-refractivity contribution >= 4 is 5.97 Å². The Balaban J connectivity index is 1.72. The third kappa shape index (κ3) is 7.42. The first-order chi connectivity index (χ1) is 13.2. The molecule has 4 atom stereocenters. The molecule has 0 aromatic rings. The molecule has 2 N–H and O–H groups in total. The third-order valence-electron chi connectivity index (χ3n) is 6.24. The molecule has 0 spiro atoms. The van der Waals surface area contributed by atoms with E-state index in [1.807, 2.05) is 0 Å². The quantitative estimate of drug-likeness (QED) is 0.297. The molecule has 0 aliphatic heterocycles. The van der Waals surface area contributed by atoms with Gasteiger partial charge in [-0.15, -0.1) is 0 Å². The van der Waals surface area contributed by atoms with Crippen molar-refractivity contribution in [2.45, 2.75) is 83.2 Å². The fourth-order valence-corrected chi connectivity index (χ4v) is 4.70. The van der Waals surface area contributed by atoms with Gasteiger partial charge in [0, 0.05) is 18.9 Å². The van der Waals surface area contributed by atoms with Crippen molar-refractivity contribution in [3.05, 3.63) is 23.8 Å². The van der Waals surface area contributed by atoms with E-state index in [-0.39, 0.29) is 12.1 Å². The molecule has 0 heterocycles. The monoisotopic (exact) mass is 378 g/mol. The van der Waals surface area contributed by atoms with E-state index < -0.39 is 0 Å². The first-order valence-electron chi connectivity index (χ1n) is 10.9. The van der Waals surface area contributed by atoms with Crippen molar-refractivity contribution in [2.75, 3.05) is 13.7 Å². The van der Waals surface area contributed by atoms with E-state index in [0.29, 0.717) is 30.8 Å². The molecule has 4 heteroatoms. The van der Waals surface area contributed by atoms with Crippen LogP contribution in [0.1, 0.15) is 77.0 Å². The Bertz CT molecular complexity index is 497. The Morgan fingerprint density at radius 1 is 1.22 bits per heavy atom. The Labute approximate surface area is 164 Å². The van der Waals surface area contributed by atoms with Crippen molar-refractivity contribution in [1.82, 2.24) is 0 Å². The van der Waals surface area contributed by atoms with Crippen LogP contribution >= 0.6 is 0 Å². The molecule has 0 aromatic heterocycles. The molecule has 2 aliphatic carbocycles. The molecule has 27 heavy (non-hydrogen) atoms.